The van der Waals surface area contributed by atoms with Crippen LogP contribution in [-0.2, 0) is 16.8 Å². The number of carbonyl (C=O) groups is 2. The molecule has 8 nitrogen and oxygen atoms in total. The van der Waals surface area contributed by atoms with E-state index >= 15 is 0 Å². The number of rotatable bonds is 7. The van der Waals surface area contributed by atoms with E-state index in [-0.39, 0.29) is 17.6 Å². The van der Waals surface area contributed by atoms with E-state index in [1.165, 1.54) is 23.5 Å². The third kappa shape index (κ3) is 5.71. The summed E-state index contributed by atoms with van der Waals surface area (Å²) >= 11 is 1.24. The fourth-order valence-electron chi connectivity index (χ4n) is 4.28. The molecule has 2 aromatic heterocycles. The second-order valence-electron chi connectivity index (χ2n) is 9.55. The maximum Gasteiger partial charge on any atom is 0.262 e. The smallest absolute Gasteiger partial charge is 0.262 e. The van der Waals surface area contributed by atoms with Gasteiger partial charge in [0.05, 0.1) is 29.0 Å². The summed E-state index contributed by atoms with van der Waals surface area (Å²) in [6.07, 6.45) is 0. The highest BCUT2D eigenvalue weighted by Crippen LogP contribution is 2.30. The van der Waals surface area contributed by atoms with Crippen molar-refractivity contribution in [2.24, 2.45) is 0 Å². The molecule has 1 fully saturated rings. The van der Waals surface area contributed by atoms with Crippen molar-refractivity contribution < 1.29 is 18.7 Å². The maximum atomic E-state index is 13.7. The van der Waals surface area contributed by atoms with Gasteiger partial charge in [0.1, 0.15) is 10.6 Å². The number of hydrogen-bond acceptors (Lipinski definition) is 6. The first-order valence-electron chi connectivity index (χ1n) is 12.1. The van der Waals surface area contributed by atoms with E-state index in [0.717, 1.165) is 38.4 Å². The molecule has 5 rings (SSSR count). The Morgan fingerprint density at radius 1 is 1.11 bits per heavy atom. The Balaban J connectivity index is 1.25. The predicted octanol–water partition coefficient (Wildman–Crippen LogP) is 4.51. The minimum Gasteiger partial charge on any atom is -0.379 e. The van der Waals surface area contributed by atoms with Gasteiger partial charge in [0.15, 0.2) is 5.82 Å². The molecule has 0 spiro atoms. The third-order valence-corrected chi connectivity index (χ3v) is 7.45. The zero-order valence-corrected chi connectivity index (χ0v) is 21.5. The van der Waals surface area contributed by atoms with Crippen molar-refractivity contribution in [3.8, 4) is 0 Å². The van der Waals surface area contributed by atoms with Gasteiger partial charge < -0.3 is 15.4 Å². The van der Waals surface area contributed by atoms with Gasteiger partial charge in [0, 0.05) is 25.2 Å². The van der Waals surface area contributed by atoms with E-state index in [9.17, 15) is 14.0 Å². The number of aromatic amines is 1. The Kier molecular flexibility index (Phi) is 7.05. The van der Waals surface area contributed by atoms with Crippen LogP contribution in [0, 0.1) is 5.82 Å². The predicted molar refractivity (Wildman–Crippen MR) is 141 cm³/mol. The van der Waals surface area contributed by atoms with Crippen LogP contribution in [0.3, 0.4) is 0 Å². The molecule has 3 heterocycles. The monoisotopic (exact) mass is 521 g/mol. The molecule has 0 radical (unpaired) electrons. The average Bonchev–Trinajstić information content (AvgIpc) is 3.47. The molecule has 0 atom stereocenters. The number of amides is 2. The van der Waals surface area contributed by atoms with Crippen LogP contribution in [0.25, 0.3) is 10.2 Å². The van der Waals surface area contributed by atoms with Crippen molar-refractivity contribution in [2.45, 2.75) is 25.9 Å². The number of hydrogen-bond donors (Lipinski definition) is 3. The fraction of sp³-hybridized carbons (Fsp3) is 0.296. The van der Waals surface area contributed by atoms with Gasteiger partial charge in [-0.1, -0.05) is 24.3 Å². The van der Waals surface area contributed by atoms with Gasteiger partial charge in [-0.15, -0.1) is 11.3 Å². The van der Waals surface area contributed by atoms with Gasteiger partial charge in [0.25, 0.3) is 11.8 Å². The number of H-pyrrole nitrogens is 1. The van der Waals surface area contributed by atoms with E-state index in [4.69, 9.17) is 4.74 Å². The van der Waals surface area contributed by atoms with Gasteiger partial charge in [-0.2, -0.15) is 5.10 Å². The molecule has 37 heavy (non-hydrogen) atoms. The van der Waals surface area contributed by atoms with Gasteiger partial charge in [-0.3, -0.25) is 19.6 Å². The SMILES string of the molecule is CC(C)(NC(=O)c1cc2c(NC(=O)c3ccc(CN4CCOCC4)cc3)n[nH]c2s1)c1cccc(F)c1. The van der Waals surface area contributed by atoms with Crippen LogP contribution < -0.4 is 10.6 Å². The number of aromatic nitrogens is 2. The highest BCUT2D eigenvalue weighted by atomic mass is 32.1. The molecule has 192 valence electrons. The number of carbonyl (C=O) groups excluding carboxylic acids is 2. The molecule has 4 aromatic rings. The molecule has 0 saturated carbocycles. The Hall–Kier alpha value is -3.60. The Morgan fingerprint density at radius 2 is 1.86 bits per heavy atom. The molecular weight excluding hydrogens is 493 g/mol. The Morgan fingerprint density at radius 3 is 2.59 bits per heavy atom. The third-order valence-electron chi connectivity index (χ3n) is 6.41. The molecule has 1 saturated heterocycles. The van der Waals surface area contributed by atoms with Crippen LogP contribution in [0.15, 0.2) is 54.6 Å². The second-order valence-corrected chi connectivity index (χ2v) is 10.6. The second kappa shape index (κ2) is 10.4. The highest BCUT2D eigenvalue weighted by molar-refractivity contribution is 7.20. The average molecular weight is 522 g/mol. The molecule has 0 unspecified atom stereocenters. The quantitative estimate of drug-likeness (QED) is 0.332. The van der Waals surface area contributed by atoms with Gasteiger partial charge in [-0.05, 0) is 55.3 Å². The van der Waals surface area contributed by atoms with Crippen molar-refractivity contribution in [3.05, 3.63) is 82.0 Å². The van der Waals surface area contributed by atoms with Crippen molar-refractivity contribution in [1.29, 1.82) is 0 Å². The lowest BCUT2D eigenvalue weighted by atomic mass is 9.94. The highest BCUT2D eigenvalue weighted by Gasteiger charge is 2.26. The molecule has 2 amide bonds. The van der Waals surface area contributed by atoms with Crippen LogP contribution in [0.1, 0.15) is 45.0 Å². The first-order valence-corrected chi connectivity index (χ1v) is 12.9. The largest absolute Gasteiger partial charge is 0.379 e. The van der Waals surface area contributed by atoms with Crippen molar-refractivity contribution >= 4 is 39.2 Å². The molecule has 0 bridgehead atoms. The van der Waals surface area contributed by atoms with Crippen LogP contribution in [0.5, 0.6) is 0 Å². The number of anilines is 1. The van der Waals surface area contributed by atoms with Gasteiger partial charge >= 0.3 is 0 Å². The molecule has 3 N–H and O–H groups in total. The van der Waals surface area contributed by atoms with E-state index in [0.29, 0.717) is 32.0 Å². The Bertz CT molecular complexity index is 1420. The van der Waals surface area contributed by atoms with E-state index in [2.05, 4.69) is 25.7 Å². The normalized spacial score (nSPS) is 14.6. The van der Waals surface area contributed by atoms with E-state index in [1.54, 1.807) is 30.3 Å². The summed E-state index contributed by atoms with van der Waals surface area (Å²) in [4.78, 5) is 29.3. The van der Waals surface area contributed by atoms with Crippen LogP contribution >= 0.6 is 11.3 Å². The van der Waals surface area contributed by atoms with Crippen LogP contribution in [0.2, 0.25) is 0 Å². The fourth-order valence-corrected chi connectivity index (χ4v) is 5.17. The van der Waals surface area contributed by atoms with E-state index in [1.807, 2.05) is 26.0 Å². The number of morpholine rings is 1. The summed E-state index contributed by atoms with van der Waals surface area (Å²) < 4.78 is 19.1. The summed E-state index contributed by atoms with van der Waals surface area (Å²) in [5.41, 5.74) is 1.54. The topological polar surface area (TPSA) is 99.3 Å². The number of nitrogens with one attached hydrogen (secondary N) is 3. The standard InChI is InChI=1S/C27H28FN5O3S/c1-27(2,19-4-3-5-20(28)14-19)30-25(35)22-15-21-23(31-32-26(21)37-22)29-24(34)18-8-6-17(7-9-18)16-33-10-12-36-13-11-33/h3-9,14-15H,10-13,16H2,1-2H3,(H,30,35)(H2,29,31,32,34). The number of thiophene rings is 1. The van der Waals surface area contributed by atoms with Crippen molar-refractivity contribution in [3.63, 3.8) is 0 Å². The molecular formula is C27H28FN5O3S. The number of halogens is 1. The van der Waals surface area contributed by atoms with Gasteiger partial charge in [0.2, 0.25) is 0 Å². The number of ether oxygens (including phenoxy) is 1. The lowest BCUT2D eigenvalue weighted by Crippen LogP contribution is -2.40. The summed E-state index contributed by atoms with van der Waals surface area (Å²) in [7, 11) is 0. The zero-order valence-electron chi connectivity index (χ0n) is 20.6. The van der Waals surface area contributed by atoms with Crippen LogP contribution in [0.4, 0.5) is 10.2 Å². The summed E-state index contributed by atoms with van der Waals surface area (Å²) in [5, 5.41) is 13.5. The number of benzene rings is 2. The summed E-state index contributed by atoms with van der Waals surface area (Å²) in [6, 6.07) is 15.4. The molecule has 1 aliphatic rings. The lowest BCUT2D eigenvalue weighted by molar-refractivity contribution is 0.0342. The summed E-state index contributed by atoms with van der Waals surface area (Å²) in [5.74, 6) is -0.577. The first kappa shape index (κ1) is 25.1. The van der Waals surface area contributed by atoms with E-state index < -0.39 is 5.54 Å². The first-order chi connectivity index (χ1) is 17.8. The van der Waals surface area contributed by atoms with Crippen molar-refractivity contribution in [1.82, 2.24) is 20.4 Å². The minimum atomic E-state index is -0.778. The maximum absolute atomic E-state index is 13.7. The molecule has 10 heteroatoms. The Labute approximate surface area is 217 Å². The minimum absolute atomic E-state index is 0.282. The number of fused-ring (bicyclic) bond motifs is 1. The van der Waals surface area contributed by atoms with Gasteiger partial charge in [-0.25, -0.2) is 4.39 Å². The molecule has 0 aliphatic carbocycles. The summed E-state index contributed by atoms with van der Waals surface area (Å²) in [6.45, 7) is 7.75. The number of nitrogens with zero attached hydrogens (tertiary/aromatic N) is 2. The zero-order chi connectivity index (χ0) is 26.0. The van der Waals surface area contributed by atoms with Crippen molar-refractivity contribution in [2.75, 3.05) is 31.6 Å². The van der Waals surface area contributed by atoms with Crippen LogP contribution in [-0.4, -0.2) is 53.2 Å². The lowest BCUT2D eigenvalue weighted by Gasteiger charge is -2.26. The molecule has 2 aromatic carbocycles. The molecule has 1 aliphatic heterocycles.